The summed E-state index contributed by atoms with van der Waals surface area (Å²) in [4.78, 5) is 10.0. The molecule has 2 atom stereocenters. The zero-order valence-electron chi connectivity index (χ0n) is 21.3. The number of fused-ring (bicyclic) bond motifs is 4. The van der Waals surface area contributed by atoms with Crippen molar-refractivity contribution in [3.8, 4) is 17.4 Å². The fourth-order valence-electron chi connectivity index (χ4n) is 6.04. The van der Waals surface area contributed by atoms with Crippen LogP contribution in [0.15, 0.2) is 77.8 Å². The van der Waals surface area contributed by atoms with Crippen LogP contribution in [-0.2, 0) is 33.0 Å². The average Bonchev–Trinajstić information content (AvgIpc) is 3.36. The fraction of sp³-hybridized carbons (Fsp3) is 0.290. The van der Waals surface area contributed by atoms with Crippen LogP contribution in [0.4, 0.5) is 0 Å². The number of pyridine rings is 1. The minimum atomic E-state index is -0.278. The van der Waals surface area contributed by atoms with Gasteiger partial charge in [-0.2, -0.15) is 0 Å². The van der Waals surface area contributed by atoms with Crippen LogP contribution in [0.5, 0.6) is 17.4 Å². The van der Waals surface area contributed by atoms with E-state index >= 15 is 0 Å². The second kappa shape index (κ2) is 9.60. The molecule has 0 spiro atoms. The molecule has 0 unspecified atom stereocenters. The first-order valence-corrected chi connectivity index (χ1v) is 13.3. The largest absolute Gasteiger partial charge is 0.506 e. The van der Waals surface area contributed by atoms with Gasteiger partial charge in [-0.3, -0.25) is 0 Å². The number of aliphatic imine (C=N–C) groups is 1. The smallest absolute Gasteiger partial charge is 0.217 e. The number of aromatic hydroxyl groups is 1. The van der Waals surface area contributed by atoms with Gasteiger partial charge in [0.1, 0.15) is 11.3 Å². The Hall–Kier alpha value is -2.62. The number of ether oxygens (including phenoxy) is 1. The van der Waals surface area contributed by atoms with Gasteiger partial charge in [-0.1, -0.05) is 70.2 Å². The van der Waals surface area contributed by atoms with Crippen LogP contribution >= 0.6 is 11.8 Å². The van der Waals surface area contributed by atoms with Gasteiger partial charge in [-0.15, -0.1) is 35.5 Å². The molecule has 2 heterocycles. The van der Waals surface area contributed by atoms with Crippen LogP contribution in [-0.4, -0.2) is 19.9 Å². The Morgan fingerprint density at radius 1 is 0.919 bits per heavy atom. The molecular weight excluding hydrogens is 659 g/mol. The Kier molecular flexibility index (Phi) is 6.75. The van der Waals surface area contributed by atoms with Crippen LogP contribution < -0.4 is 4.74 Å². The monoisotopic (exact) mass is 688 g/mol. The number of aromatic nitrogens is 1. The Balaban J connectivity index is 0.00000280. The zero-order valence-corrected chi connectivity index (χ0v) is 24.4. The number of phenolic OH excluding ortho intramolecular Hbond substituents is 1. The molecule has 3 aromatic carbocycles. The summed E-state index contributed by atoms with van der Waals surface area (Å²) in [5.74, 6) is 1.92. The third kappa shape index (κ3) is 3.94. The first-order chi connectivity index (χ1) is 17.3. The zero-order chi connectivity index (χ0) is 25.1. The minimum absolute atomic E-state index is 0. The van der Waals surface area contributed by atoms with Gasteiger partial charge in [-0.05, 0) is 41.5 Å². The molecule has 1 aliphatic heterocycles. The van der Waals surface area contributed by atoms with Crippen LogP contribution in [0, 0.1) is 17.9 Å². The van der Waals surface area contributed by atoms with E-state index in [1.54, 1.807) is 12.1 Å². The normalized spacial score (nSPS) is 22.1. The number of thioether (sulfide) groups is 1. The van der Waals surface area contributed by atoms with E-state index in [4.69, 9.17) is 9.73 Å². The summed E-state index contributed by atoms with van der Waals surface area (Å²) in [6.45, 7) is 9.27. The summed E-state index contributed by atoms with van der Waals surface area (Å²) in [6, 6.07) is 27.3. The molecule has 37 heavy (non-hydrogen) atoms. The third-order valence-corrected chi connectivity index (χ3v) is 9.53. The van der Waals surface area contributed by atoms with Crippen molar-refractivity contribution in [2.75, 3.05) is 0 Å². The molecule has 0 fully saturated rings. The number of hydrogen-bond donors (Lipinski definition) is 1. The molecule has 6 heteroatoms. The van der Waals surface area contributed by atoms with Crippen molar-refractivity contribution in [3.05, 3.63) is 95.6 Å². The molecule has 0 saturated heterocycles. The summed E-state index contributed by atoms with van der Waals surface area (Å²) < 4.78 is 6.06. The number of rotatable bonds is 5. The second-order valence-corrected chi connectivity index (χ2v) is 11.7. The summed E-state index contributed by atoms with van der Waals surface area (Å²) >= 11 is 1.91. The third-order valence-electron chi connectivity index (χ3n) is 7.74. The van der Waals surface area contributed by atoms with Gasteiger partial charge in [0.2, 0.25) is 5.88 Å². The van der Waals surface area contributed by atoms with E-state index in [-0.39, 0.29) is 37.1 Å². The van der Waals surface area contributed by atoms with E-state index in [9.17, 15) is 5.11 Å². The van der Waals surface area contributed by atoms with Crippen LogP contribution in [0.3, 0.4) is 0 Å². The maximum atomic E-state index is 10.2. The van der Waals surface area contributed by atoms with Crippen LogP contribution in [0.1, 0.15) is 44.4 Å². The van der Waals surface area contributed by atoms with Gasteiger partial charge in [0, 0.05) is 48.1 Å². The summed E-state index contributed by atoms with van der Waals surface area (Å²) in [5, 5.41) is 12.1. The van der Waals surface area contributed by atoms with Gasteiger partial charge in [0.05, 0.1) is 5.54 Å². The summed E-state index contributed by atoms with van der Waals surface area (Å²) in [7, 11) is 0. The maximum Gasteiger partial charge on any atom is 0.217 e. The van der Waals surface area contributed by atoms with E-state index in [1.165, 1.54) is 11.1 Å². The molecule has 0 bridgehead atoms. The van der Waals surface area contributed by atoms with E-state index < -0.39 is 0 Å². The molecule has 1 N–H and O–H groups in total. The molecule has 1 aromatic heterocycles. The first-order valence-electron chi connectivity index (χ1n) is 12.5. The van der Waals surface area contributed by atoms with Gasteiger partial charge in [-0.25, -0.2) is 4.98 Å². The standard InChI is InChI=1S/C31H29N2O2S.Pt/c1-19(2)30-18-23-9-5-6-13-25(23)31(30,20(3)4)33-29(36-30)22-11-7-12-24(17-22)35-27-16-15-21-10-8-14-26(34)28(21)32-27;/h5-16,19-20,34H,18H2,1-4H3;/q-1;/t30-,31-;/m0./s1. The Labute approximate surface area is 236 Å². The van der Waals surface area contributed by atoms with Gasteiger partial charge in [0.25, 0.3) is 0 Å². The van der Waals surface area contributed by atoms with Crippen LogP contribution in [0.2, 0.25) is 0 Å². The van der Waals surface area contributed by atoms with Gasteiger partial charge < -0.3 is 14.8 Å². The van der Waals surface area contributed by atoms with Crippen molar-refractivity contribution < 1.29 is 30.9 Å². The Morgan fingerprint density at radius 3 is 2.49 bits per heavy atom. The molecule has 0 radical (unpaired) electrons. The van der Waals surface area contributed by atoms with Gasteiger partial charge >= 0.3 is 0 Å². The molecule has 0 saturated carbocycles. The van der Waals surface area contributed by atoms with Crippen molar-refractivity contribution in [1.29, 1.82) is 0 Å². The molecule has 4 nitrogen and oxygen atoms in total. The van der Waals surface area contributed by atoms with E-state index in [1.807, 2.05) is 42.1 Å². The first kappa shape index (κ1) is 26.0. The second-order valence-electron chi connectivity index (χ2n) is 10.3. The summed E-state index contributed by atoms with van der Waals surface area (Å²) in [5.41, 5.74) is 3.96. The van der Waals surface area contributed by atoms with E-state index in [0.29, 0.717) is 29.0 Å². The Bertz CT molecular complexity index is 1520. The molecular formula is C31H29N2O2PtS-. The molecule has 2 aliphatic rings. The molecule has 1 aliphatic carbocycles. The maximum absolute atomic E-state index is 10.2. The average molecular weight is 689 g/mol. The van der Waals surface area contributed by atoms with Crippen molar-refractivity contribution in [2.24, 2.45) is 16.8 Å². The number of para-hydroxylation sites is 1. The quantitative estimate of drug-likeness (QED) is 0.221. The molecule has 0 amide bonds. The van der Waals surface area contributed by atoms with Crippen molar-refractivity contribution in [2.45, 2.75) is 44.4 Å². The summed E-state index contributed by atoms with van der Waals surface area (Å²) in [6.07, 6.45) is 1.01. The number of nitrogens with zero attached hydrogens (tertiary/aromatic N) is 2. The van der Waals surface area contributed by atoms with E-state index in [2.05, 4.69) is 69.1 Å². The van der Waals surface area contributed by atoms with Crippen molar-refractivity contribution >= 4 is 27.7 Å². The topological polar surface area (TPSA) is 54.7 Å². The number of benzene rings is 3. The number of hydrogen-bond acceptors (Lipinski definition) is 5. The Morgan fingerprint density at radius 2 is 1.70 bits per heavy atom. The van der Waals surface area contributed by atoms with E-state index in [0.717, 1.165) is 22.4 Å². The predicted octanol–water partition coefficient (Wildman–Crippen LogP) is 7.53. The van der Waals surface area contributed by atoms with Gasteiger partial charge in [0.15, 0.2) is 0 Å². The fourth-order valence-corrected chi connectivity index (χ4v) is 7.81. The molecule has 192 valence electrons. The molecule has 6 rings (SSSR count). The van der Waals surface area contributed by atoms with Crippen molar-refractivity contribution in [1.82, 2.24) is 4.98 Å². The SMILES string of the molecule is CC(C)[C@@]12Cc3ccccc3[C@]1(C(C)C)N=C(c1[c-]c(Oc3ccc4cccc(O)c4n3)ccc1)S2.[Pt]. The number of phenols is 1. The van der Waals surface area contributed by atoms with Crippen LogP contribution in [0.25, 0.3) is 10.9 Å². The molecule has 4 aromatic rings. The van der Waals surface area contributed by atoms with Crippen molar-refractivity contribution in [3.63, 3.8) is 0 Å². The minimum Gasteiger partial charge on any atom is -0.506 e. The predicted molar refractivity (Wildman–Crippen MR) is 147 cm³/mol.